The number of allylic oxidation sites excluding steroid dienone is 25. The second-order valence-corrected chi connectivity index (χ2v) is 15.1. The molecule has 0 aromatic rings. The van der Waals surface area contributed by atoms with E-state index < -0.39 is 12.1 Å². The SMILES string of the molecule is CC/C=C\C/C=C\C/C=C\C/C=C\C/C=C\C/C=C\C/C=C\C/C=C\C/C=C\C/C=C\C/C=C\CCCCCCCCCC(=O)NC(CO)C(O)/C=C/CC/C=C/CCC. The number of hydrogen-bond donors (Lipinski definition) is 3. The molecule has 60 heavy (non-hydrogen) atoms. The van der Waals surface area contributed by atoms with E-state index in [1.165, 1.54) is 25.7 Å². The third-order valence-corrected chi connectivity index (χ3v) is 9.48. The van der Waals surface area contributed by atoms with Gasteiger partial charge in [0.05, 0.1) is 18.8 Å². The van der Waals surface area contributed by atoms with Crippen LogP contribution in [0.25, 0.3) is 0 Å². The van der Waals surface area contributed by atoms with E-state index in [1.54, 1.807) is 6.08 Å². The smallest absolute Gasteiger partial charge is 0.220 e. The van der Waals surface area contributed by atoms with E-state index in [4.69, 9.17) is 0 Å². The predicted molar refractivity (Wildman–Crippen MR) is 266 cm³/mol. The van der Waals surface area contributed by atoms with E-state index in [9.17, 15) is 15.0 Å². The third-order valence-electron chi connectivity index (χ3n) is 9.48. The van der Waals surface area contributed by atoms with Crippen molar-refractivity contribution in [2.75, 3.05) is 6.61 Å². The topological polar surface area (TPSA) is 69.6 Å². The Morgan fingerprint density at radius 1 is 0.417 bits per heavy atom. The predicted octanol–water partition coefficient (Wildman–Crippen LogP) is 15.5. The average Bonchev–Trinajstić information content (AvgIpc) is 3.25. The summed E-state index contributed by atoms with van der Waals surface area (Å²) in [7, 11) is 0. The maximum atomic E-state index is 12.3. The lowest BCUT2D eigenvalue weighted by atomic mass is 10.1. The lowest BCUT2D eigenvalue weighted by molar-refractivity contribution is -0.123. The summed E-state index contributed by atoms with van der Waals surface area (Å²) in [5.74, 6) is -0.0988. The molecule has 0 heterocycles. The zero-order chi connectivity index (χ0) is 43.5. The highest BCUT2D eigenvalue weighted by atomic mass is 16.3. The highest BCUT2D eigenvalue weighted by Gasteiger charge is 2.17. The first-order chi connectivity index (χ1) is 29.7. The average molecular weight is 822 g/mol. The molecular weight excluding hydrogens is 735 g/mol. The zero-order valence-electron chi connectivity index (χ0n) is 38.1. The summed E-state index contributed by atoms with van der Waals surface area (Å²) in [5, 5.41) is 22.7. The van der Waals surface area contributed by atoms with Crippen LogP contribution < -0.4 is 5.32 Å². The van der Waals surface area contributed by atoms with Crippen molar-refractivity contribution < 1.29 is 15.0 Å². The minimum atomic E-state index is -0.874. The van der Waals surface area contributed by atoms with Gasteiger partial charge in [0.2, 0.25) is 5.91 Å². The Labute approximate surface area is 369 Å². The fourth-order valence-corrected chi connectivity index (χ4v) is 5.91. The quantitative estimate of drug-likeness (QED) is 0.0426. The third kappa shape index (κ3) is 45.1. The van der Waals surface area contributed by atoms with Gasteiger partial charge in [0.25, 0.3) is 0 Å². The van der Waals surface area contributed by atoms with Crippen molar-refractivity contribution in [3.63, 3.8) is 0 Å². The molecule has 0 fully saturated rings. The van der Waals surface area contributed by atoms with E-state index in [0.717, 1.165) is 122 Å². The first kappa shape index (κ1) is 56.0. The van der Waals surface area contributed by atoms with Gasteiger partial charge in [-0.3, -0.25) is 4.79 Å². The normalized spacial score (nSPS) is 14.4. The molecule has 3 N–H and O–H groups in total. The molecule has 2 unspecified atom stereocenters. The molecule has 0 aromatic carbocycles. The summed E-state index contributed by atoms with van der Waals surface area (Å²) in [6.07, 6.45) is 81.0. The van der Waals surface area contributed by atoms with Gasteiger partial charge in [0.1, 0.15) is 0 Å². The summed E-state index contributed by atoms with van der Waals surface area (Å²) >= 11 is 0. The maximum Gasteiger partial charge on any atom is 0.220 e. The van der Waals surface area contributed by atoms with Crippen LogP contribution in [0.1, 0.15) is 168 Å². The van der Waals surface area contributed by atoms with Gasteiger partial charge in [-0.05, 0) is 109 Å². The Morgan fingerprint density at radius 3 is 1.15 bits per heavy atom. The number of aliphatic hydroxyl groups excluding tert-OH is 2. The molecule has 0 aliphatic carbocycles. The van der Waals surface area contributed by atoms with Crippen LogP contribution in [-0.4, -0.2) is 34.9 Å². The molecule has 0 aliphatic rings. The van der Waals surface area contributed by atoms with Crippen LogP contribution in [-0.2, 0) is 4.79 Å². The molecule has 2 atom stereocenters. The van der Waals surface area contributed by atoms with Gasteiger partial charge in [-0.2, -0.15) is 0 Å². The van der Waals surface area contributed by atoms with Crippen LogP contribution in [0.15, 0.2) is 158 Å². The molecule has 0 saturated heterocycles. The van der Waals surface area contributed by atoms with Gasteiger partial charge >= 0.3 is 0 Å². The van der Waals surface area contributed by atoms with Gasteiger partial charge in [0.15, 0.2) is 0 Å². The van der Waals surface area contributed by atoms with Gasteiger partial charge in [-0.15, -0.1) is 0 Å². The number of carbonyl (C=O) groups is 1. The van der Waals surface area contributed by atoms with Gasteiger partial charge in [-0.25, -0.2) is 0 Å². The number of hydrogen-bond acceptors (Lipinski definition) is 3. The van der Waals surface area contributed by atoms with Crippen molar-refractivity contribution in [1.29, 1.82) is 0 Å². The maximum absolute atomic E-state index is 12.3. The minimum absolute atomic E-state index is 0.0988. The molecule has 0 saturated carbocycles. The molecular formula is C56H87NO3. The van der Waals surface area contributed by atoms with Crippen LogP contribution >= 0.6 is 0 Å². The van der Waals surface area contributed by atoms with Crippen molar-refractivity contribution >= 4 is 5.91 Å². The molecule has 0 spiro atoms. The van der Waals surface area contributed by atoms with Crippen LogP contribution in [0, 0.1) is 0 Å². The Bertz CT molecular complexity index is 1350. The summed E-state index contributed by atoms with van der Waals surface area (Å²) in [6, 6.07) is -0.653. The Balaban J connectivity index is 3.67. The monoisotopic (exact) mass is 822 g/mol. The van der Waals surface area contributed by atoms with Crippen molar-refractivity contribution in [3.8, 4) is 0 Å². The Kier molecular flexibility index (Phi) is 46.1. The Morgan fingerprint density at radius 2 is 0.750 bits per heavy atom. The van der Waals surface area contributed by atoms with E-state index in [1.807, 2.05) is 6.08 Å². The molecule has 0 aromatic heterocycles. The zero-order valence-corrected chi connectivity index (χ0v) is 38.1. The first-order valence-electron chi connectivity index (χ1n) is 23.7. The highest BCUT2D eigenvalue weighted by Crippen LogP contribution is 2.11. The summed E-state index contributed by atoms with van der Waals surface area (Å²) in [6.45, 7) is 4.04. The fourth-order valence-electron chi connectivity index (χ4n) is 5.91. The van der Waals surface area contributed by atoms with Crippen molar-refractivity contribution in [3.05, 3.63) is 158 Å². The molecule has 0 rings (SSSR count). The van der Waals surface area contributed by atoms with Crippen molar-refractivity contribution in [2.45, 2.75) is 180 Å². The van der Waals surface area contributed by atoms with E-state index in [0.29, 0.717) is 6.42 Å². The standard InChI is InChI=1S/C56H87NO3/c1-3-5-7-9-11-12-13-14-15-16-17-18-19-20-21-22-23-24-25-26-27-28-29-30-31-32-33-34-35-36-37-38-39-40-41-42-43-44-46-48-50-52-56(60)57-54(53-58)55(59)51-49-47-45-10-8-6-4-2/h5,7-8,10-12,14-15,17-18,20-21,23-24,26-27,29-30,32-33,35-36,38-39,49,51,54-55,58-59H,3-4,6,9,13,16,19,22,25,28,31,34,37,40-48,50,52-53H2,1-2H3,(H,57,60)/b7-5-,10-8+,12-11-,15-14-,18-17-,21-20-,24-23-,27-26-,30-29-,33-32-,36-35-,39-38-,51-49+. The van der Waals surface area contributed by atoms with Crippen molar-refractivity contribution in [2.24, 2.45) is 0 Å². The minimum Gasteiger partial charge on any atom is -0.394 e. The van der Waals surface area contributed by atoms with Gasteiger partial charge in [-0.1, -0.05) is 210 Å². The number of amides is 1. The first-order valence-corrected chi connectivity index (χ1v) is 23.7. The lowest BCUT2D eigenvalue weighted by Gasteiger charge is -2.19. The van der Waals surface area contributed by atoms with Gasteiger partial charge < -0.3 is 15.5 Å². The number of carbonyl (C=O) groups excluding carboxylic acids is 1. The molecule has 0 radical (unpaired) electrons. The number of nitrogens with one attached hydrogen (secondary N) is 1. The summed E-state index contributed by atoms with van der Waals surface area (Å²) in [5.41, 5.74) is 0. The number of rotatable bonds is 40. The number of aliphatic hydroxyl groups is 2. The van der Waals surface area contributed by atoms with Gasteiger partial charge in [0, 0.05) is 6.42 Å². The van der Waals surface area contributed by atoms with Crippen LogP contribution in [0.5, 0.6) is 0 Å². The Hall–Kier alpha value is -3.99. The molecule has 0 bridgehead atoms. The molecule has 0 aliphatic heterocycles. The number of unbranched alkanes of at least 4 members (excludes halogenated alkanes) is 9. The van der Waals surface area contributed by atoms with E-state index in [2.05, 4.69) is 165 Å². The van der Waals surface area contributed by atoms with E-state index in [-0.39, 0.29) is 12.5 Å². The van der Waals surface area contributed by atoms with Crippen LogP contribution in [0.3, 0.4) is 0 Å². The summed E-state index contributed by atoms with van der Waals surface area (Å²) < 4.78 is 0. The fraction of sp³-hybridized carbons (Fsp3) is 0.518. The van der Waals surface area contributed by atoms with Crippen LogP contribution in [0.2, 0.25) is 0 Å². The molecule has 4 nitrogen and oxygen atoms in total. The van der Waals surface area contributed by atoms with Crippen LogP contribution in [0.4, 0.5) is 0 Å². The molecule has 1 amide bonds. The molecule has 4 heteroatoms. The van der Waals surface area contributed by atoms with Crippen molar-refractivity contribution in [1.82, 2.24) is 5.32 Å². The lowest BCUT2D eigenvalue weighted by Crippen LogP contribution is -2.45. The highest BCUT2D eigenvalue weighted by molar-refractivity contribution is 5.76. The summed E-state index contributed by atoms with van der Waals surface area (Å²) in [4.78, 5) is 12.3. The molecule has 334 valence electrons. The van der Waals surface area contributed by atoms with E-state index >= 15 is 0 Å². The second-order valence-electron chi connectivity index (χ2n) is 15.1. The largest absolute Gasteiger partial charge is 0.394 e. The second kappa shape index (κ2) is 49.4.